The first kappa shape index (κ1) is 16.3. The van der Waals surface area contributed by atoms with E-state index < -0.39 is 17.3 Å². The number of carboxylic acids is 1. The normalized spacial score (nSPS) is 11.2. The van der Waals surface area contributed by atoms with E-state index in [2.05, 4.69) is 5.32 Å². The van der Waals surface area contributed by atoms with Crippen LogP contribution in [0.2, 0.25) is 5.02 Å². The molecule has 0 saturated heterocycles. The van der Waals surface area contributed by atoms with Gasteiger partial charge in [0.1, 0.15) is 5.75 Å². The Morgan fingerprint density at radius 1 is 1.30 bits per heavy atom. The lowest BCUT2D eigenvalue weighted by Gasteiger charge is -2.26. The number of aliphatic carboxylic acids is 1. The molecule has 0 aromatic heterocycles. The molecular formula is C14H18ClNO4. The molecule has 0 radical (unpaired) electrons. The molecule has 1 aromatic carbocycles. The van der Waals surface area contributed by atoms with Gasteiger partial charge in [0.15, 0.2) is 0 Å². The number of hydrogen-bond donors (Lipinski definition) is 3. The maximum absolute atomic E-state index is 12.0. The number of halogens is 1. The Hall–Kier alpha value is -1.75. The summed E-state index contributed by atoms with van der Waals surface area (Å²) in [5, 5.41) is 21.8. The van der Waals surface area contributed by atoms with Crippen molar-refractivity contribution in [3.8, 4) is 5.75 Å². The van der Waals surface area contributed by atoms with Crippen LogP contribution in [0.5, 0.6) is 5.75 Å². The van der Waals surface area contributed by atoms with Crippen molar-refractivity contribution in [2.24, 2.45) is 5.41 Å². The lowest BCUT2D eigenvalue weighted by atomic mass is 9.82. The third-order valence-electron chi connectivity index (χ3n) is 3.60. The van der Waals surface area contributed by atoms with Crippen molar-refractivity contribution in [2.75, 3.05) is 6.54 Å². The van der Waals surface area contributed by atoms with Gasteiger partial charge in [0.25, 0.3) is 5.91 Å². The van der Waals surface area contributed by atoms with Crippen LogP contribution >= 0.6 is 11.6 Å². The number of benzene rings is 1. The van der Waals surface area contributed by atoms with Crippen molar-refractivity contribution < 1.29 is 19.8 Å². The summed E-state index contributed by atoms with van der Waals surface area (Å²) in [7, 11) is 0. The highest BCUT2D eigenvalue weighted by Gasteiger charge is 2.35. The standard InChI is InChI=1S/C14H18ClNO4/c1-3-14(4-2,13(19)20)8-16-12(18)10-6-5-9(15)7-11(10)17/h5-7,17H,3-4,8H2,1-2H3,(H,16,18)(H,19,20). The first-order chi connectivity index (χ1) is 9.36. The van der Waals surface area contributed by atoms with Crippen molar-refractivity contribution in [3.05, 3.63) is 28.8 Å². The summed E-state index contributed by atoms with van der Waals surface area (Å²) in [6.07, 6.45) is 0.817. The molecule has 0 atom stereocenters. The molecule has 0 fully saturated rings. The minimum Gasteiger partial charge on any atom is -0.507 e. The van der Waals surface area contributed by atoms with Crippen LogP contribution in [0, 0.1) is 5.41 Å². The van der Waals surface area contributed by atoms with E-state index in [4.69, 9.17) is 11.6 Å². The van der Waals surface area contributed by atoms with E-state index in [0.29, 0.717) is 17.9 Å². The zero-order chi connectivity index (χ0) is 15.3. The van der Waals surface area contributed by atoms with Gasteiger partial charge >= 0.3 is 5.97 Å². The lowest BCUT2D eigenvalue weighted by Crippen LogP contribution is -2.42. The van der Waals surface area contributed by atoms with Crippen molar-refractivity contribution >= 4 is 23.5 Å². The third-order valence-corrected chi connectivity index (χ3v) is 3.83. The Bertz CT molecular complexity index is 512. The van der Waals surface area contributed by atoms with Gasteiger partial charge in [0.05, 0.1) is 11.0 Å². The van der Waals surface area contributed by atoms with Gasteiger partial charge in [-0.15, -0.1) is 0 Å². The molecule has 1 rings (SSSR count). The summed E-state index contributed by atoms with van der Waals surface area (Å²) < 4.78 is 0. The monoisotopic (exact) mass is 299 g/mol. The van der Waals surface area contributed by atoms with Gasteiger partial charge in [-0.3, -0.25) is 9.59 Å². The number of phenols is 1. The summed E-state index contributed by atoms with van der Waals surface area (Å²) >= 11 is 5.69. The molecule has 20 heavy (non-hydrogen) atoms. The molecule has 0 saturated carbocycles. The number of rotatable bonds is 6. The summed E-state index contributed by atoms with van der Waals surface area (Å²) in [6, 6.07) is 4.15. The molecular weight excluding hydrogens is 282 g/mol. The molecule has 1 amide bonds. The quantitative estimate of drug-likeness (QED) is 0.753. The van der Waals surface area contributed by atoms with Gasteiger partial charge < -0.3 is 15.5 Å². The Labute approximate surface area is 122 Å². The van der Waals surface area contributed by atoms with E-state index in [0.717, 1.165) is 0 Å². The van der Waals surface area contributed by atoms with Gasteiger partial charge in [-0.25, -0.2) is 0 Å². The second-order valence-electron chi connectivity index (χ2n) is 4.64. The number of nitrogens with one attached hydrogen (secondary N) is 1. The maximum Gasteiger partial charge on any atom is 0.311 e. The number of hydrogen-bond acceptors (Lipinski definition) is 3. The summed E-state index contributed by atoms with van der Waals surface area (Å²) in [5.41, 5.74) is -0.918. The molecule has 5 nitrogen and oxygen atoms in total. The fourth-order valence-corrected chi connectivity index (χ4v) is 2.09. The number of carboxylic acid groups (broad SMARTS) is 1. The fraction of sp³-hybridized carbons (Fsp3) is 0.429. The highest BCUT2D eigenvalue weighted by atomic mass is 35.5. The highest BCUT2D eigenvalue weighted by Crippen LogP contribution is 2.26. The minimum atomic E-state index is -0.988. The Morgan fingerprint density at radius 3 is 2.35 bits per heavy atom. The van der Waals surface area contributed by atoms with Crippen LogP contribution in [0.3, 0.4) is 0 Å². The summed E-state index contributed by atoms with van der Waals surface area (Å²) in [4.78, 5) is 23.3. The number of aromatic hydroxyl groups is 1. The van der Waals surface area contributed by atoms with Gasteiger partial charge in [0.2, 0.25) is 0 Å². The van der Waals surface area contributed by atoms with Gasteiger partial charge in [-0.2, -0.15) is 0 Å². The van der Waals surface area contributed by atoms with Crippen LogP contribution in [0.15, 0.2) is 18.2 Å². The van der Waals surface area contributed by atoms with Crippen LogP contribution in [0.1, 0.15) is 37.0 Å². The molecule has 6 heteroatoms. The molecule has 0 aliphatic heterocycles. The number of carbonyl (C=O) groups excluding carboxylic acids is 1. The molecule has 0 aliphatic rings. The summed E-state index contributed by atoms with van der Waals surface area (Å²) in [5.74, 6) is -1.70. The highest BCUT2D eigenvalue weighted by molar-refractivity contribution is 6.30. The Morgan fingerprint density at radius 2 is 1.90 bits per heavy atom. The van der Waals surface area contributed by atoms with Crippen LogP contribution < -0.4 is 5.32 Å². The van der Waals surface area contributed by atoms with Crippen molar-refractivity contribution in [2.45, 2.75) is 26.7 Å². The molecule has 0 heterocycles. The first-order valence-electron chi connectivity index (χ1n) is 6.36. The maximum atomic E-state index is 12.0. The van der Waals surface area contributed by atoms with Crippen LogP contribution in [-0.2, 0) is 4.79 Å². The van der Waals surface area contributed by atoms with Crippen LogP contribution in [0.4, 0.5) is 0 Å². The zero-order valence-corrected chi connectivity index (χ0v) is 12.2. The van der Waals surface area contributed by atoms with Crippen LogP contribution in [-0.4, -0.2) is 28.6 Å². The molecule has 110 valence electrons. The van der Waals surface area contributed by atoms with E-state index in [1.165, 1.54) is 18.2 Å². The van der Waals surface area contributed by atoms with Gasteiger partial charge in [-0.05, 0) is 31.0 Å². The first-order valence-corrected chi connectivity index (χ1v) is 6.74. The lowest BCUT2D eigenvalue weighted by molar-refractivity contribution is -0.149. The topological polar surface area (TPSA) is 86.6 Å². The van der Waals surface area contributed by atoms with Crippen molar-refractivity contribution in [1.29, 1.82) is 0 Å². The molecule has 0 spiro atoms. The fourth-order valence-electron chi connectivity index (χ4n) is 1.92. The second kappa shape index (κ2) is 6.61. The zero-order valence-electron chi connectivity index (χ0n) is 11.4. The van der Waals surface area contributed by atoms with E-state index in [1.807, 2.05) is 0 Å². The molecule has 3 N–H and O–H groups in total. The minimum absolute atomic E-state index is 0.0102. The van der Waals surface area contributed by atoms with Gasteiger partial charge in [0, 0.05) is 11.6 Å². The van der Waals surface area contributed by atoms with E-state index in [-0.39, 0.29) is 17.9 Å². The van der Waals surface area contributed by atoms with Crippen molar-refractivity contribution in [1.82, 2.24) is 5.32 Å². The molecule has 0 aliphatic carbocycles. The average molecular weight is 300 g/mol. The molecule has 0 bridgehead atoms. The molecule has 0 unspecified atom stereocenters. The number of phenolic OH excluding ortho intramolecular Hbond substituents is 1. The van der Waals surface area contributed by atoms with E-state index in [1.54, 1.807) is 13.8 Å². The average Bonchev–Trinajstić information content (AvgIpc) is 2.39. The number of amides is 1. The second-order valence-corrected chi connectivity index (χ2v) is 5.07. The van der Waals surface area contributed by atoms with Crippen LogP contribution in [0.25, 0.3) is 0 Å². The Balaban J connectivity index is 2.83. The van der Waals surface area contributed by atoms with E-state index in [9.17, 15) is 19.8 Å². The SMILES string of the molecule is CCC(CC)(CNC(=O)c1ccc(Cl)cc1O)C(=O)O. The third kappa shape index (κ3) is 3.42. The predicted molar refractivity (Wildman–Crippen MR) is 76.1 cm³/mol. The smallest absolute Gasteiger partial charge is 0.311 e. The molecule has 1 aromatic rings. The van der Waals surface area contributed by atoms with Crippen molar-refractivity contribution in [3.63, 3.8) is 0 Å². The Kier molecular flexibility index (Phi) is 5.39. The number of carbonyl (C=O) groups is 2. The largest absolute Gasteiger partial charge is 0.507 e. The predicted octanol–water partition coefficient (Wildman–Crippen LogP) is 2.67. The summed E-state index contributed by atoms with van der Waals surface area (Å²) in [6.45, 7) is 3.54. The van der Waals surface area contributed by atoms with E-state index >= 15 is 0 Å². The van der Waals surface area contributed by atoms with Gasteiger partial charge in [-0.1, -0.05) is 25.4 Å².